The molecule has 0 spiro atoms. The Kier molecular flexibility index (Phi) is 4.31. The number of furan rings is 1. The molecule has 0 saturated heterocycles. The minimum atomic E-state index is -0.556. The number of benzene rings is 1. The van der Waals surface area contributed by atoms with E-state index in [1.807, 2.05) is 18.2 Å². The van der Waals surface area contributed by atoms with E-state index in [1.54, 1.807) is 6.07 Å². The molecule has 1 N–H and O–H groups in total. The minimum absolute atomic E-state index is 0.198. The molecule has 0 aliphatic heterocycles. The summed E-state index contributed by atoms with van der Waals surface area (Å²) in [4.78, 5) is 0. The molecule has 0 amide bonds. The van der Waals surface area contributed by atoms with Gasteiger partial charge in [0.2, 0.25) is 0 Å². The number of hydrogen-bond donors (Lipinski definition) is 1. The number of aliphatic hydroxyl groups excluding tert-OH is 1. The summed E-state index contributed by atoms with van der Waals surface area (Å²) in [5.41, 5.74) is 0.663. The van der Waals surface area contributed by atoms with Crippen LogP contribution in [0.5, 0.6) is 0 Å². The zero-order chi connectivity index (χ0) is 13.1. The largest absolute Gasteiger partial charge is 0.457 e. The van der Waals surface area contributed by atoms with Gasteiger partial charge in [0.1, 0.15) is 11.9 Å². The Morgan fingerprint density at radius 1 is 1.39 bits per heavy atom. The van der Waals surface area contributed by atoms with Crippen LogP contribution in [0.1, 0.15) is 45.0 Å². The van der Waals surface area contributed by atoms with Gasteiger partial charge in [-0.25, -0.2) is 0 Å². The lowest BCUT2D eigenvalue weighted by atomic mass is 9.96. The van der Waals surface area contributed by atoms with Crippen LogP contribution in [0.15, 0.2) is 28.7 Å². The zero-order valence-corrected chi connectivity index (χ0v) is 11.6. The summed E-state index contributed by atoms with van der Waals surface area (Å²) in [6, 6.07) is 7.51. The maximum absolute atomic E-state index is 10.3. The smallest absolute Gasteiger partial charge is 0.152 e. The zero-order valence-electron chi connectivity index (χ0n) is 10.8. The second-order valence-corrected chi connectivity index (χ2v) is 5.28. The van der Waals surface area contributed by atoms with E-state index in [-0.39, 0.29) is 5.92 Å². The van der Waals surface area contributed by atoms with E-state index in [4.69, 9.17) is 16.0 Å². The molecule has 0 radical (unpaired) electrons. The summed E-state index contributed by atoms with van der Waals surface area (Å²) >= 11 is 6.06. The van der Waals surface area contributed by atoms with Crippen molar-refractivity contribution in [1.29, 1.82) is 0 Å². The molecule has 2 rings (SSSR count). The van der Waals surface area contributed by atoms with Gasteiger partial charge in [-0.05, 0) is 24.5 Å². The van der Waals surface area contributed by atoms with E-state index < -0.39 is 6.10 Å². The first kappa shape index (κ1) is 13.4. The summed E-state index contributed by atoms with van der Waals surface area (Å²) in [6.07, 6.45) is 2.71. The predicted octanol–water partition coefficient (Wildman–Crippen LogP) is 4.95. The third kappa shape index (κ3) is 2.70. The standard InChI is InChI=1S/C15H19ClO2/c1-3-4-6-10(2)14(17)13-9-11-7-5-8-12(16)15(11)18-13/h5,7-10,14,17H,3-4,6H2,1-2H3. The molecule has 2 unspecified atom stereocenters. The Morgan fingerprint density at radius 2 is 2.17 bits per heavy atom. The highest BCUT2D eigenvalue weighted by Crippen LogP contribution is 2.33. The maximum atomic E-state index is 10.3. The lowest BCUT2D eigenvalue weighted by molar-refractivity contribution is 0.0905. The first-order valence-electron chi connectivity index (χ1n) is 6.49. The predicted molar refractivity (Wildman–Crippen MR) is 74.9 cm³/mol. The third-order valence-corrected chi connectivity index (χ3v) is 3.66. The van der Waals surface area contributed by atoms with Gasteiger partial charge in [0, 0.05) is 5.39 Å². The maximum Gasteiger partial charge on any atom is 0.152 e. The topological polar surface area (TPSA) is 33.4 Å². The van der Waals surface area contributed by atoms with Crippen molar-refractivity contribution in [3.8, 4) is 0 Å². The number of halogens is 1. The second-order valence-electron chi connectivity index (χ2n) is 4.87. The van der Waals surface area contributed by atoms with Crippen molar-refractivity contribution in [3.05, 3.63) is 35.0 Å². The van der Waals surface area contributed by atoms with Crippen molar-refractivity contribution in [1.82, 2.24) is 0 Å². The van der Waals surface area contributed by atoms with Crippen LogP contribution in [0, 0.1) is 5.92 Å². The highest BCUT2D eigenvalue weighted by molar-refractivity contribution is 6.34. The summed E-state index contributed by atoms with van der Waals surface area (Å²) in [7, 11) is 0. The molecule has 98 valence electrons. The average Bonchev–Trinajstić information content (AvgIpc) is 2.80. The highest BCUT2D eigenvalue weighted by Gasteiger charge is 2.20. The van der Waals surface area contributed by atoms with Crippen LogP contribution < -0.4 is 0 Å². The molecule has 0 aliphatic rings. The number of para-hydroxylation sites is 1. The van der Waals surface area contributed by atoms with Gasteiger partial charge in [0.15, 0.2) is 5.58 Å². The molecule has 0 aliphatic carbocycles. The number of aliphatic hydroxyl groups is 1. The fourth-order valence-electron chi connectivity index (χ4n) is 2.16. The second kappa shape index (κ2) is 5.77. The van der Waals surface area contributed by atoms with Gasteiger partial charge >= 0.3 is 0 Å². The summed E-state index contributed by atoms with van der Waals surface area (Å²) in [5.74, 6) is 0.811. The van der Waals surface area contributed by atoms with Gasteiger partial charge in [0.05, 0.1) is 5.02 Å². The van der Waals surface area contributed by atoms with E-state index in [1.165, 1.54) is 0 Å². The minimum Gasteiger partial charge on any atom is -0.457 e. The third-order valence-electron chi connectivity index (χ3n) is 3.36. The molecule has 18 heavy (non-hydrogen) atoms. The van der Waals surface area contributed by atoms with Crippen molar-refractivity contribution in [2.45, 2.75) is 39.2 Å². The van der Waals surface area contributed by atoms with Crippen molar-refractivity contribution in [2.24, 2.45) is 5.92 Å². The molecular weight excluding hydrogens is 248 g/mol. The van der Waals surface area contributed by atoms with Crippen molar-refractivity contribution in [2.75, 3.05) is 0 Å². The van der Waals surface area contributed by atoms with E-state index >= 15 is 0 Å². The van der Waals surface area contributed by atoms with E-state index in [2.05, 4.69) is 13.8 Å². The fourth-order valence-corrected chi connectivity index (χ4v) is 2.38. The van der Waals surface area contributed by atoms with Gasteiger partial charge in [-0.3, -0.25) is 0 Å². The van der Waals surface area contributed by atoms with Crippen molar-refractivity contribution in [3.63, 3.8) is 0 Å². The number of unbranched alkanes of at least 4 members (excludes halogenated alkanes) is 1. The SMILES string of the molecule is CCCCC(C)C(O)c1cc2cccc(Cl)c2o1. The molecular formula is C15H19ClO2. The van der Waals surface area contributed by atoms with Crippen LogP contribution in [0.3, 0.4) is 0 Å². The van der Waals surface area contributed by atoms with Crippen LogP contribution >= 0.6 is 11.6 Å². The fraction of sp³-hybridized carbons (Fsp3) is 0.467. The van der Waals surface area contributed by atoms with Crippen molar-refractivity contribution >= 4 is 22.6 Å². The van der Waals surface area contributed by atoms with Gasteiger partial charge in [-0.1, -0.05) is 50.4 Å². The summed E-state index contributed by atoms with van der Waals surface area (Å²) in [5, 5.41) is 11.8. The molecule has 0 bridgehead atoms. The lowest BCUT2D eigenvalue weighted by Crippen LogP contribution is -2.08. The molecule has 2 aromatic rings. The quantitative estimate of drug-likeness (QED) is 0.831. The Labute approximate surface area is 113 Å². The van der Waals surface area contributed by atoms with Gasteiger partial charge in [0.25, 0.3) is 0 Å². The van der Waals surface area contributed by atoms with E-state index in [0.717, 1.165) is 24.6 Å². The number of hydrogen-bond acceptors (Lipinski definition) is 2. The Morgan fingerprint density at radius 3 is 2.83 bits per heavy atom. The summed E-state index contributed by atoms with van der Waals surface area (Å²) < 4.78 is 5.68. The molecule has 0 saturated carbocycles. The van der Waals surface area contributed by atoms with Gasteiger partial charge in [-0.15, -0.1) is 0 Å². The molecule has 1 heterocycles. The Bertz CT molecular complexity index is 518. The highest BCUT2D eigenvalue weighted by atomic mass is 35.5. The van der Waals surface area contributed by atoms with Crippen LogP contribution in [0.2, 0.25) is 5.02 Å². The number of rotatable bonds is 5. The molecule has 2 nitrogen and oxygen atoms in total. The Balaban J connectivity index is 2.22. The number of fused-ring (bicyclic) bond motifs is 1. The van der Waals surface area contributed by atoms with E-state index in [9.17, 15) is 5.11 Å². The average molecular weight is 267 g/mol. The summed E-state index contributed by atoms with van der Waals surface area (Å²) in [6.45, 7) is 4.20. The van der Waals surface area contributed by atoms with Crippen molar-refractivity contribution < 1.29 is 9.52 Å². The van der Waals surface area contributed by atoms with Gasteiger partial charge in [-0.2, -0.15) is 0 Å². The van der Waals surface area contributed by atoms with Crippen LogP contribution in [0.4, 0.5) is 0 Å². The molecule has 2 atom stereocenters. The van der Waals surface area contributed by atoms with Crippen LogP contribution in [-0.2, 0) is 0 Å². The molecule has 1 aromatic carbocycles. The normalized spacial score (nSPS) is 14.9. The first-order chi connectivity index (χ1) is 8.63. The lowest BCUT2D eigenvalue weighted by Gasteiger charge is -2.16. The van der Waals surface area contributed by atoms with Crippen LogP contribution in [0.25, 0.3) is 11.0 Å². The Hall–Kier alpha value is -0.990. The molecule has 1 aromatic heterocycles. The van der Waals surface area contributed by atoms with Gasteiger partial charge < -0.3 is 9.52 Å². The van der Waals surface area contributed by atoms with E-state index in [0.29, 0.717) is 16.4 Å². The first-order valence-corrected chi connectivity index (χ1v) is 6.87. The molecule has 0 fully saturated rings. The van der Waals surface area contributed by atoms with Crippen LogP contribution in [-0.4, -0.2) is 5.11 Å². The monoisotopic (exact) mass is 266 g/mol. The molecule has 3 heteroatoms.